The molecule has 0 unspecified atom stereocenters. The molecule has 1 heterocycles. The quantitative estimate of drug-likeness (QED) is 0.232. The maximum atomic E-state index is 11.8. The lowest BCUT2D eigenvalue weighted by Crippen LogP contribution is -2.22. The number of halogens is 3. The molecule has 4 N–H and O–H groups in total. The third-order valence-corrected chi connectivity index (χ3v) is 2.32. The summed E-state index contributed by atoms with van der Waals surface area (Å²) in [5, 5.41) is 17.6. The first-order valence-electron chi connectivity index (χ1n) is 5.69. The number of alkyl halides is 3. The molecule has 21 heavy (non-hydrogen) atoms. The highest BCUT2D eigenvalue weighted by atomic mass is 19.4. The lowest BCUT2D eigenvalue weighted by molar-refractivity contribution is -0.174. The summed E-state index contributed by atoms with van der Waals surface area (Å²) in [5.41, 5.74) is 5.58. The second kappa shape index (κ2) is 6.92. The van der Waals surface area contributed by atoms with Crippen molar-refractivity contribution in [3.05, 3.63) is 11.8 Å². The van der Waals surface area contributed by atoms with Gasteiger partial charge in [-0.25, -0.2) is 0 Å². The van der Waals surface area contributed by atoms with E-state index in [4.69, 9.17) is 10.9 Å². The first-order chi connectivity index (χ1) is 9.74. The summed E-state index contributed by atoms with van der Waals surface area (Å²) in [6.45, 7) is -1.80. The zero-order valence-corrected chi connectivity index (χ0v) is 11.0. The third kappa shape index (κ3) is 5.30. The maximum Gasteiger partial charge on any atom is 0.411 e. The minimum absolute atomic E-state index is 0.158. The number of hydrogen-bond acceptors (Lipinski definition) is 5. The molecule has 11 heteroatoms. The Labute approximate surface area is 117 Å². The number of amides is 1. The van der Waals surface area contributed by atoms with Crippen molar-refractivity contribution in [1.29, 1.82) is 0 Å². The Morgan fingerprint density at radius 3 is 2.86 bits per heavy atom. The molecule has 0 aliphatic rings. The van der Waals surface area contributed by atoms with Gasteiger partial charge in [-0.1, -0.05) is 5.16 Å². The summed E-state index contributed by atoms with van der Waals surface area (Å²) in [5.74, 6) is -0.689. The summed E-state index contributed by atoms with van der Waals surface area (Å²) in [6, 6.07) is 0. The van der Waals surface area contributed by atoms with Gasteiger partial charge in [0.05, 0.1) is 24.8 Å². The standard InChI is InChI=1S/C10H14F3N5O3/c1-18-9(6(4-15-18)8(14)17-20)16-7(19)2-3-21-5-10(11,12)13/h4,20H,2-3,5H2,1H3,(H2,14,17)(H,16,19). The van der Waals surface area contributed by atoms with Crippen molar-refractivity contribution in [1.82, 2.24) is 9.78 Å². The van der Waals surface area contributed by atoms with Gasteiger partial charge in [0.1, 0.15) is 12.4 Å². The van der Waals surface area contributed by atoms with Gasteiger partial charge in [0.25, 0.3) is 0 Å². The number of amidine groups is 1. The van der Waals surface area contributed by atoms with Crippen LogP contribution < -0.4 is 11.1 Å². The zero-order chi connectivity index (χ0) is 16.0. The number of carbonyl (C=O) groups is 1. The normalized spacial score (nSPS) is 12.5. The van der Waals surface area contributed by atoms with Crippen LogP contribution in [0.1, 0.15) is 12.0 Å². The van der Waals surface area contributed by atoms with Crippen LogP contribution in [0.25, 0.3) is 0 Å². The highest BCUT2D eigenvalue weighted by molar-refractivity contribution is 6.04. The van der Waals surface area contributed by atoms with Crippen LogP contribution in [0, 0.1) is 0 Å². The summed E-state index contributed by atoms with van der Waals surface area (Å²) >= 11 is 0. The van der Waals surface area contributed by atoms with Gasteiger partial charge in [-0.15, -0.1) is 0 Å². The molecular formula is C10H14F3N5O3. The maximum absolute atomic E-state index is 11.8. The Hall–Kier alpha value is -2.30. The Kier molecular flexibility index (Phi) is 5.52. The van der Waals surface area contributed by atoms with E-state index in [0.29, 0.717) is 0 Å². The molecule has 8 nitrogen and oxygen atoms in total. The lowest BCUT2D eigenvalue weighted by Gasteiger charge is -2.09. The molecule has 0 aromatic carbocycles. The van der Waals surface area contributed by atoms with Crippen molar-refractivity contribution in [2.24, 2.45) is 17.9 Å². The average Bonchev–Trinajstić information content (AvgIpc) is 2.74. The number of rotatable bonds is 6. The van der Waals surface area contributed by atoms with E-state index in [1.165, 1.54) is 17.9 Å². The molecule has 0 spiro atoms. The van der Waals surface area contributed by atoms with Crippen LogP contribution in [0.4, 0.5) is 19.0 Å². The van der Waals surface area contributed by atoms with Crippen molar-refractivity contribution >= 4 is 17.6 Å². The Morgan fingerprint density at radius 2 is 2.29 bits per heavy atom. The molecule has 0 radical (unpaired) electrons. The lowest BCUT2D eigenvalue weighted by atomic mass is 10.3. The fourth-order valence-electron chi connectivity index (χ4n) is 1.37. The van der Waals surface area contributed by atoms with Crippen molar-refractivity contribution < 1.29 is 27.9 Å². The van der Waals surface area contributed by atoms with E-state index in [2.05, 4.69) is 20.3 Å². The first kappa shape index (κ1) is 16.8. The molecule has 118 valence electrons. The van der Waals surface area contributed by atoms with Gasteiger partial charge in [-0.2, -0.15) is 18.3 Å². The van der Waals surface area contributed by atoms with Crippen molar-refractivity contribution in [3.63, 3.8) is 0 Å². The number of hydrogen-bond donors (Lipinski definition) is 3. The molecule has 0 saturated heterocycles. The van der Waals surface area contributed by atoms with Gasteiger partial charge in [0.15, 0.2) is 5.84 Å². The average molecular weight is 309 g/mol. The van der Waals surface area contributed by atoms with Gasteiger partial charge in [-0.05, 0) is 0 Å². The molecule has 0 aliphatic carbocycles. The molecule has 1 aromatic rings. The number of aromatic nitrogens is 2. The van der Waals surface area contributed by atoms with Crippen LogP contribution in [0.2, 0.25) is 0 Å². The predicted molar refractivity (Wildman–Crippen MR) is 65.8 cm³/mol. The fourth-order valence-corrected chi connectivity index (χ4v) is 1.37. The summed E-state index contributed by atoms with van der Waals surface area (Å²) < 4.78 is 41.1. The second-order valence-corrected chi connectivity index (χ2v) is 3.98. The zero-order valence-electron chi connectivity index (χ0n) is 11.0. The Morgan fingerprint density at radius 1 is 1.62 bits per heavy atom. The van der Waals surface area contributed by atoms with Gasteiger partial charge >= 0.3 is 6.18 Å². The number of nitrogens with two attached hydrogens (primary N) is 1. The monoisotopic (exact) mass is 309 g/mol. The fraction of sp³-hybridized carbons (Fsp3) is 0.500. The highest BCUT2D eigenvalue weighted by Gasteiger charge is 2.27. The van der Waals surface area contributed by atoms with Crippen LogP contribution in [0.5, 0.6) is 0 Å². The van der Waals surface area contributed by atoms with Crippen LogP contribution in [-0.4, -0.2) is 46.1 Å². The number of aryl methyl sites for hydroxylation is 1. The summed E-state index contributed by atoms with van der Waals surface area (Å²) in [6.07, 6.45) is -3.45. The summed E-state index contributed by atoms with van der Waals surface area (Å²) in [7, 11) is 1.50. The Bertz CT molecular complexity index is 526. The largest absolute Gasteiger partial charge is 0.411 e. The molecule has 0 fully saturated rings. The molecule has 0 atom stereocenters. The van der Waals surface area contributed by atoms with Gasteiger partial charge in [0, 0.05) is 7.05 Å². The SMILES string of the molecule is Cn1ncc(C(N)=NO)c1NC(=O)CCOCC(F)(F)F. The molecule has 0 saturated carbocycles. The van der Waals surface area contributed by atoms with Crippen LogP contribution >= 0.6 is 0 Å². The smallest absolute Gasteiger partial charge is 0.409 e. The third-order valence-electron chi connectivity index (χ3n) is 2.32. The first-order valence-corrected chi connectivity index (χ1v) is 5.69. The number of carbonyl (C=O) groups excluding carboxylic acids is 1. The number of anilines is 1. The topological polar surface area (TPSA) is 115 Å². The van der Waals surface area contributed by atoms with Crippen molar-refractivity contribution in [3.8, 4) is 0 Å². The highest BCUT2D eigenvalue weighted by Crippen LogP contribution is 2.15. The van der Waals surface area contributed by atoms with E-state index in [9.17, 15) is 18.0 Å². The number of oxime groups is 1. The van der Waals surface area contributed by atoms with Gasteiger partial charge in [0.2, 0.25) is 5.91 Å². The van der Waals surface area contributed by atoms with Crippen molar-refractivity contribution in [2.45, 2.75) is 12.6 Å². The van der Waals surface area contributed by atoms with E-state index in [1.807, 2.05) is 0 Å². The molecule has 1 amide bonds. The molecule has 1 rings (SSSR count). The minimum atomic E-state index is -4.43. The molecule has 0 aliphatic heterocycles. The molecule has 0 bridgehead atoms. The van der Waals surface area contributed by atoms with E-state index < -0.39 is 18.7 Å². The van der Waals surface area contributed by atoms with Crippen LogP contribution in [0.3, 0.4) is 0 Å². The van der Waals surface area contributed by atoms with Crippen LogP contribution in [-0.2, 0) is 16.6 Å². The van der Waals surface area contributed by atoms with E-state index >= 15 is 0 Å². The van der Waals surface area contributed by atoms with E-state index in [-0.39, 0.29) is 30.2 Å². The van der Waals surface area contributed by atoms with Gasteiger partial charge < -0.3 is 21.0 Å². The van der Waals surface area contributed by atoms with E-state index in [0.717, 1.165) is 0 Å². The van der Waals surface area contributed by atoms with E-state index in [1.54, 1.807) is 0 Å². The van der Waals surface area contributed by atoms with Gasteiger partial charge in [-0.3, -0.25) is 9.48 Å². The van der Waals surface area contributed by atoms with Crippen LogP contribution in [0.15, 0.2) is 11.4 Å². The molecule has 1 aromatic heterocycles. The Balaban J connectivity index is 2.54. The predicted octanol–water partition coefficient (Wildman–Crippen LogP) is 0.422. The number of nitrogens with zero attached hydrogens (tertiary/aromatic N) is 3. The minimum Gasteiger partial charge on any atom is -0.409 e. The second-order valence-electron chi connectivity index (χ2n) is 3.98. The summed E-state index contributed by atoms with van der Waals surface area (Å²) in [4.78, 5) is 11.6. The molecular weight excluding hydrogens is 295 g/mol. The number of nitrogens with one attached hydrogen (secondary N) is 1. The van der Waals surface area contributed by atoms with Crippen molar-refractivity contribution in [2.75, 3.05) is 18.5 Å². The number of ether oxygens (including phenoxy) is 1.